The van der Waals surface area contributed by atoms with Crippen molar-refractivity contribution in [2.75, 3.05) is 11.9 Å². The largest absolute Gasteiger partial charge is 0.464 e. The molecule has 2 aromatic rings. The van der Waals surface area contributed by atoms with E-state index >= 15 is 0 Å². The summed E-state index contributed by atoms with van der Waals surface area (Å²) in [7, 11) is 1.98. The number of anilines is 1. The number of halogens is 1. The highest BCUT2D eigenvalue weighted by molar-refractivity contribution is 9.10. The van der Waals surface area contributed by atoms with Crippen LogP contribution in [0.5, 0.6) is 0 Å². The summed E-state index contributed by atoms with van der Waals surface area (Å²) in [5, 5.41) is 0. The summed E-state index contributed by atoms with van der Waals surface area (Å²) in [6, 6.07) is 9.46. The Hall–Kier alpha value is -1.55. The molecule has 3 nitrogen and oxygen atoms in total. The fraction of sp³-hybridized carbons (Fsp3) is 0.214. The van der Waals surface area contributed by atoms with Crippen LogP contribution >= 0.6 is 15.9 Å². The molecule has 0 bridgehead atoms. The zero-order valence-electron chi connectivity index (χ0n) is 10.3. The monoisotopic (exact) mass is 307 g/mol. The number of carbonyl (C=O) groups is 1. The van der Waals surface area contributed by atoms with Crippen molar-refractivity contribution < 1.29 is 9.21 Å². The fourth-order valence-electron chi connectivity index (χ4n) is 1.80. The molecule has 94 valence electrons. The Balaban J connectivity index is 2.18. The Morgan fingerprint density at radius 3 is 2.67 bits per heavy atom. The lowest BCUT2D eigenvalue weighted by Crippen LogP contribution is -2.16. The van der Waals surface area contributed by atoms with Crippen molar-refractivity contribution in [3.8, 4) is 0 Å². The van der Waals surface area contributed by atoms with Crippen molar-refractivity contribution in [2.45, 2.75) is 13.5 Å². The van der Waals surface area contributed by atoms with Crippen LogP contribution in [0, 0.1) is 6.92 Å². The Bertz CT molecular complexity index is 563. The summed E-state index contributed by atoms with van der Waals surface area (Å²) in [6.07, 6.45) is 0.838. The second kappa shape index (κ2) is 5.40. The van der Waals surface area contributed by atoms with Crippen molar-refractivity contribution in [1.29, 1.82) is 0 Å². The minimum atomic E-state index is 0.660. The van der Waals surface area contributed by atoms with Gasteiger partial charge in [-0.05, 0) is 53.2 Å². The Morgan fingerprint density at radius 1 is 1.33 bits per heavy atom. The van der Waals surface area contributed by atoms with E-state index in [9.17, 15) is 4.79 Å². The van der Waals surface area contributed by atoms with Gasteiger partial charge in [-0.1, -0.05) is 0 Å². The topological polar surface area (TPSA) is 33.5 Å². The average molecular weight is 308 g/mol. The summed E-state index contributed by atoms with van der Waals surface area (Å²) in [4.78, 5) is 12.8. The van der Waals surface area contributed by atoms with Crippen LogP contribution in [-0.4, -0.2) is 13.3 Å². The quantitative estimate of drug-likeness (QED) is 0.806. The molecule has 1 aromatic heterocycles. The number of hydrogen-bond donors (Lipinski definition) is 0. The SMILES string of the molecule is Cc1ccc(CN(C)c2ccc(C=O)cc2Br)o1. The minimum Gasteiger partial charge on any atom is -0.464 e. The highest BCUT2D eigenvalue weighted by Gasteiger charge is 2.09. The smallest absolute Gasteiger partial charge is 0.150 e. The van der Waals surface area contributed by atoms with Crippen LogP contribution in [0.2, 0.25) is 0 Å². The van der Waals surface area contributed by atoms with Gasteiger partial charge in [-0.3, -0.25) is 4.79 Å². The highest BCUT2D eigenvalue weighted by Crippen LogP contribution is 2.27. The maximum absolute atomic E-state index is 10.7. The summed E-state index contributed by atoms with van der Waals surface area (Å²) in [5.41, 5.74) is 1.68. The summed E-state index contributed by atoms with van der Waals surface area (Å²) in [6.45, 7) is 2.62. The molecule has 0 radical (unpaired) electrons. The molecular formula is C14H14BrNO2. The van der Waals surface area contributed by atoms with E-state index in [0.717, 1.165) is 28.0 Å². The molecule has 0 atom stereocenters. The van der Waals surface area contributed by atoms with Gasteiger partial charge < -0.3 is 9.32 Å². The van der Waals surface area contributed by atoms with Gasteiger partial charge in [0.25, 0.3) is 0 Å². The first-order valence-electron chi connectivity index (χ1n) is 5.61. The van der Waals surface area contributed by atoms with Crippen molar-refractivity contribution in [3.05, 3.63) is 51.9 Å². The molecule has 0 saturated heterocycles. The normalized spacial score (nSPS) is 10.4. The lowest BCUT2D eigenvalue weighted by atomic mass is 10.2. The summed E-state index contributed by atoms with van der Waals surface area (Å²) >= 11 is 3.48. The van der Waals surface area contributed by atoms with Gasteiger partial charge in [-0.25, -0.2) is 0 Å². The van der Waals surface area contributed by atoms with E-state index in [1.807, 2.05) is 38.2 Å². The zero-order valence-corrected chi connectivity index (χ0v) is 11.9. The molecular weight excluding hydrogens is 294 g/mol. The molecule has 2 rings (SSSR count). The van der Waals surface area contributed by atoms with Gasteiger partial charge in [-0.2, -0.15) is 0 Å². The molecule has 18 heavy (non-hydrogen) atoms. The Labute approximate surface area is 115 Å². The van der Waals surface area contributed by atoms with Crippen molar-refractivity contribution in [2.24, 2.45) is 0 Å². The molecule has 0 aliphatic rings. The van der Waals surface area contributed by atoms with Gasteiger partial charge in [0, 0.05) is 17.1 Å². The molecule has 0 amide bonds. The lowest BCUT2D eigenvalue weighted by molar-refractivity contribution is 0.112. The molecule has 0 unspecified atom stereocenters. The predicted octanol–water partition coefficient (Wildman–Crippen LogP) is 3.80. The van der Waals surface area contributed by atoms with E-state index in [4.69, 9.17) is 4.42 Å². The van der Waals surface area contributed by atoms with Crippen LogP contribution < -0.4 is 4.90 Å². The molecule has 0 N–H and O–H groups in total. The number of rotatable bonds is 4. The first-order valence-corrected chi connectivity index (χ1v) is 6.40. The first-order chi connectivity index (χ1) is 8.60. The van der Waals surface area contributed by atoms with Gasteiger partial charge in [0.05, 0.1) is 12.2 Å². The van der Waals surface area contributed by atoms with E-state index in [1.54, 1.807) is 6.07 Å². The highest BCUT2D eigenvalue weighted by atomic mass is 79.9. The van der Waals surface area contributed by atoms with Crippen molar-refractivity contribution in [1.82, 2.24) is 0 Å². The zero-order chi connectivity index (χ0) is 13.1. The molecule has 0 aliphatic heterocycles. The standard InChI is InChI=1S/C14H14BrNO2/c1-10-3-5-12(18-10)8-16(2)14-6-4-11(9-17)7-13(14)15/h3-7,9H,8H2,1-2H3. The van der Waals surface area contributed by atoms with Gasteiger partial charge in [0.15, 0.2) is 0 Å². The number of aldehydes is 1. The maximum Gasteiger partial charge on any atom is 0.150 e. The Morgan fingerprint density at radius 2 is 2.11 bits per heavy atom. The first kappa shape index (κ1) is 12.9. The third-order valence-corrected chi connectivity index (χ3v) is 3.34. The molecule has 0 spiro atoms. The van der Waals surface area contributed by atoms with Gasteiger partial charge in [0.2, 0.25) is 0 Å². The second-order valence-corrected chi connectivity index (χ2v) is 5.05. The van der Waals surface area contributed by atoms with Crippen LogP contribution in [0.1, 0.15) is 21.9 Å². The lowest BCUT2D eigenvalue weighted by Gasteiger charge is -2.19. The van der Waals surface area contributed by atoms with Crippen LogP contribution in [0.15, 0.2) is 39.2 Å². The number of benzene rings is 1. The number of aryl methyl sites for hydroxylation is 1. The third kappa shape index (κ3) is 2.82. The van der Waals surface area contributed by atoms with E-state index in [-0.39, 0.29) is 0 Å². The van der Waals surface area contributed by atoms with Crippen LogP contribution in [0.3, 0.4) is 0 Å². The average Bonchev–Trinajstić information content (AvgIpc) is 2.74. The van der Waals surface area contributed by atoms with Crippen molar-refractivity contribution >= 4 is 27.9 Å². The minimum absolute atomic E-state index is 0.660. The maximum atomic E-state index is 10.7. The second-order valence-electron chi connectivity index (χ2n) is 4.20. The number of furan rings is 1. The fourth-order valence-corrected chi connectivity index (χ4v) is 2.49. The van der Waals surface area contributed by atoms with Crippen LogP contribution in [0.25, 0.3) is 0 Å². The molecule has 0 aliphatic carbocycles. The van der Waals surface area contributed by atoms with E-state index in [2.05, 4.69) is 20.8 Å². The molecule has 0 fully saturated rings. The summed E-state index contributed by atoms with van der Waals surface area (Å²) in [5.74, 6) is 1.83. The third-order valence-electron chi connectivity index (χ3n) is 2.71. The number of carbonyl (C=O) groups excluding carboxylic acids is 1. The number of hydrogen-bond acceptors (Lipinski definition) is 3. The van der Waals surface area contributed by atoms with E-state index in [1.165, 1.54) is 0 Å². The van der Waals surface area contributed by atoms with E-state index in [0.29, 0.717) is 12.1 Å². The molecule has 0 saturated carbocycles. The summed E-state index contributed by atoms with van der Waals surface area (Å²) < 4.78 is 6.45. The Kier molecular flexibility index (Phi) is 3.87. The van der Waals surface area contributed by atoms with Gasteiger partial charge in [0.1, 0.15) is 17.8 Å². The molecule has 4 heteroatoms. The number of nitrogens with zero attached hydrogens (tertiary/aromatic N) is 1. The molecule has 1 aromatic carbocycles. The van der Waals surface area contributed by atoms with Crippen LogP contribution in [-0.2, 0) is 6.54 Å². The van der Waals surface area contributed by atoms with Crippen molar-refractivity contribution in [3.63, 3.8) is 0 Å². The predicted molar refractivity (Wildman–Crippen MR) is 75.1 cm³/mol. The van der Waals surface area contributed by atoms with Gasteiger partial charge >= 0.3 is 0 Å². The van der Waals surface area contributed by atoms with Gasteiger partial charge in [-0.15, -0.1) is 0 Å². The van der Waals surface area contributed by atoms with E-state index < -0.39 is 0 Å². The molecule has 1 heterocycles. The van der Waals surface area contributed by atoms with Crippen LogP contribution in [0.4, 0.5) is 5.69 Å².